The molecule has 17 heavy (non-hydrogen) atoms. The van der Waals surface area contributed by atoms with Crippen molar-refractivity contribution in [2.75, 3.05) is 7.05 Å². The van der Waals surface area contributed by atoms with E-state index in [1.165, 1.54) is 43.2 Å². The highest BCUT2D eigenvalue weighted by Crippen LogP contribution is 2.27. The van der Waals surface area contributed by atoms with Crippen LogP contribution in [0.2, 0.25) is 5.02 Å². The third kappa shape index (κ3) is 4.33. The van der Waals surface area contributed by atoms with Gasteiger partial charge >= 0.3 is 0 Å². The molecular formula is C15H24ClN. The summed E-state index contributed by atoms with van der Waals surface area (Å²) in [7, 11) is 2.03. The molecule has 0 bridgehead atoms. The molecule has 0 saturated carbocycles. The fourth-order valence-corrected chi connectivity index (χ4v) is 2.41. The maximum atomic E-state index is 6.17. The smallest absolute Gasteiger partial charge is 0.0438 e. The van der Waals surface area contributed by atoms with E-state index in [1.54, 1.807) is 0 Å². The Morgan fingerprint density at radius 1 is 1.24 bits per heavy atom. The van der Waals surface area contributed by atoms with E-state index < -0.39 is 0 Å². The molecule has 0 aliphatic carbocycles. The zero-order valence-electron chi connectivity index (χ0n) is 11.2. The molecule has 0 saturated heterocycles. The van der Waals surface area contributed by atoms with Crippen molar-refractivity contribution < 1.29 is 0 Å². The number of unbranched alkanes of at least 4 members (excludes halogenated alkanes) is 3. The molecule has 1 rings (SSSR count). The van der Waals surface area contributed by atoms with Gasteiger partial charge in [0.15, 0.2) is 0 Å². The Labute approximate surface area is 111 Å². The molecule has 1 unspecified atom stereocenters. The maximum absolute atomic E-state index is 6.17. The molecule has 0 amide bonds. The average molecular weight is 254 g/mol. The minimum absolute atomic E-state index is 0.436. The van der Waals surface area contributed by atoms with Gasteiger partial charge in [-0.3, -0.25) is 0 Å². The summed E-state index contributed by atoms with van der Waals surface area (Å²) < 4.78 is 0. The van der Waals surface area contributed by atoms with Gasteiger partial charge in [-0.05, 0) is 37.6 Å². The molecule has 0 aromatic heterocycles. The largest absolute Gasteiger partial charge is 0.313 e. The minimum Gasteiger partial charge on any atom is -0.313 e. The van der Waals surface area contributed by atoms with Gasteiger partial charge in [-0.1, -0.05) is 56.3 Å². The van der Waals surface area contributed by atoms with Crippen LogP contribution in [0.25, 0.3) is 0 Å². The highest BCUT2D eigenvalue weighted by atomic mass is 35.5. The van der Waals surface area contributed by atoms with Gasteiger partial charge in [-0.25, -0.2) is 0 Å². The Morgan fingerprint density at radius 2 is 2.00 bits per heavy atom. The summed E-state index contributed by atoms with van der Waals surface area (Å²) >= 11 is 6.17. The fraction of sp³-hybridized carbons (Fsp3) is 0.600. The molecule has 0 aliphatic rings. The molecule has 1 aromatic rings. The van der Waals surface area contributed by atoms with E-state index in [0.717, 1.165) is 5.02 Å². The molecule has 0 heterocycles. The van der Waals surface area contributed by atoms with Crippen LogP contribution in [0.1, 0.15) is 56.2 Å². The Bertz CT molecular complexity index is 336. The van der Waals surface area contributed by atoms with Crippen LogP contribution in [0.15, 0.2) is 18.2 Å². The molecule has 0 fully saturated rings. The summed E-state index contributed by atoms with van der Waals surface area (Å²) in [4.78, 5) is 0. The Hall–Kier alpha value is -0.530. The van der Waals surface area contributed by atoms with Crippen LogP contribution in [0.5, 0.6) is 0 Å². The second-order valence-electron chi connectivity index (χ2n) is 4.64. The first-order chi connectivity index (χ1) is 8.20. The molecule has 0 radical (unpaired) electrons. The average Bonchev–Trinajstić information content (AvgIpc) is 2.34. The topological polar surface area (TPSA) is 12.0 Å². The molecule has 2 heteroatoms. The third-order valence-electron chi connectivity index (χ3n) is 3.38. The van der Waals surface area contributed by atoms with Crippen molar-refractivity contribution in [3.8, 4) is 0 Å². The van der Waals surface area contributed by atoms with Gasteiger partial charge in [-0.2, -0.15) is 0 Å². The second-order valence-corrected chi connectivity index (χ2v) is 5.05. The number of hydrogen-bond donors (Lipinski definition) is 1. The number of rotatable bonds is 7. The van der Waals surface area contributed by atoms with Crippen LogP contribution in [0.3, 0.4) is 0 Å². The Morgan fingerprint density at radius 3 is 2.65 bits per heavy atom. The van der Waals surface area contributed by atoms with E-state index >= 15 is 0 Å². The van der Waals surface area contributed by atoms with Gasteiger partial charge in [0.05, 0.1) is 0 Å². The molecule has 1 N–H and O–H groups in total. The van der Waals surface area contributed by atoms with Crippen molar-refractivity contribution in [1.82, 2.24) is 5.32 Å². The van der Waals surface area contributed by atoms with Gasteiger partial charge in [0.2, 0.25) is 0 Å². The van der Waals surface area contributed by atoms with Crippen LogP contribution >= 0.6 is 11.6 Å². The second kappa shape index (κ2) is 7.73. The standard InChI is InChI=1S/C15H24ClN/c1-4-5-6-7-11-15(17-3)13-9-8-10-14(16)12(13)2/h8-10,15,17H,4-7,11H2,1-3H3. The van der Waals surface area contributed by atoms with Gasteiger partial charge in [-0.15, -0.1) is 0 Å². The van der Waals surface area contributed by atoms with E-state index in [0.29, 0.717) is 6.04 Å². The van der Waals surface area contributed by atoms with Gasteiger partial charge in [0, 0.05) is 11.1 Å². The van der Waals surface area contributed by atoms with E-state index in [4.69, 9.17) is 11.6 Å². The number of benzene rings is 1. The Balaban J connectivity index is 2.63. The summed E-state index contributed by atoms with van der Waals surface area (Å²) in [6.07, 6.45) is 6.43. The minimum atomic E-state index is 0.436. The quantitative estimate of drug-likeness (QED) is 0.683. The summed E-state index contributed by atoms with van der Waals surface area (Å²) in [5.41, 5.74) is 2.56. The summed E-state index contributed by atoms with van der Waals surface area (Å²) in [5.74, 6) is 0. The summed E-state index contributed by atoms with van der Waals surface area (Å²) in [6, 6.07) is 6.62. The van der Waals surface area contributed by atoms with Gasteiger partial charge < -0.3 is 5.32 Å². The summed E-state index contributed by atoms with van der Waals surface area (Å²) in [5, 5.41) is 4.28. The van der Waals surface area contributed by atoms with Crippen molar-refractivity contribution in [3.05, 3.63) is 34.3 Å². The molecule has 0 spiro atoms. The van der Waals surface area contributed by atoms with E-state index in [9.17, 15) is 0 Å². The zero-order valence-corrected chi connectivity index (χ0v) is 12.0. The van der Waals surface area contributed by atoms with Crippen LogP contribution in [0.4, 0.5) is 0 Å². The molecule has 1 nitrogen and oxygen atoms in total. The SMILES string of the molecule is CCCCCCC(NC)c1cccc(Cl)c1C. The third-order valence-corrected chi connectivity index (χ3v) is 3.79. The number of halogens is 1. The first kappa shape index (κ1) is 14.5. The molecule has 0 aliphatic heterocycles. The van der Waals surface area contributed by atoms with Crippen molar-refractivity contribution in [2.45, 2.75) is 52.0 Å². The van der Waals surface area contributed by atoms with Crippen molar-refractivity contribution in [1.29, 1.82) is 0 Å². The van der Waals surface area contributed by atoms with Crippen molar-refractivity contribution in [2.24, 2.45) is 0 Å². The van der Waals surface area contributed by atoms with Crippen LogP contribution in [-0.2, 0) is 0 Å². The maximum Gasteiger partial charge on any atom is 0.0438 e. The molecular weight excluding hydrogens is 230 g/mol. The molecule has 1 aromatic carbocycles. The Kier molecular flexibility index (Phi) is 6.61. The van der Waals surface area contributed by atoms with Gasteiger partial charge in [0.25, 0.3) is 0 Å². The van der Waals surface area contributed by atoms with E-state index in [2.05, 4.69) is 25.2 Å². The van der Waals surface area contributed by atoms with Crippen LogP contribution in [0, 0.1) is 6.92 Å². The van der Waals surface area contributed by atoms with Crippen molar-refractivity contribution >= 4 is 11.6 Å². The molecule has 1 atom stereocenters. The fourth-order valence-electron chi connectivity index (χ4n) is 2.23. The molecule has 96 valence electrons. The van der Waals surface area contributed by atoms with Crippen LogP contribution < -0.4 is 5.32 Å². The lowest BCUT2D eigenvalue weighted by Gasteiger charge is -2.19. The lowest BCUT2D eigenvalue weighted by Crippen LogP contribution is -2.17. The highest BCUT2D eigenvalue weighted by Gasteiger charge is 2.12. The first-order valence-corrected chi connectivity index (χ1v) is 7.00. The van der Waals surface area contributed by atoms with Crippen LogP contribution in [-0.4, -0.2) is 7.05 Å². The first-order valence-electron chi connectivity index (χ1n) is 6.63. The number of nitrogens with one attached hydrogen (secondary N) is 1. The normalized spacial score (nSPS) is 12.7. The van der Waals surface area contributed by atoms with Crippen molar-refractivity contribution in [3.63, 3.8) is 0 Å². The lowest BCUT2D eigenvalue weighted by molar-refractivity contribution is 0.503. The number of hydrogen-bond acceptors (Lipinski definition) is 1. The predicted octanol–water partition coefficient (Wildman–Crippen LogP) is 4.88. The van der Waals surface area contributed by atoms with E-state index in [-0.39, 0.29) is 0 Å². The lowest BCUT2D eigenvalue weighted by atomic mass is 9.96. The van der Waals surface area contributed by atoms with Gasteiger partial charge in [0.1, 0.15) is 0 Å². The van der Waals surface area contributed by atoms with E-state index in [1.807, 2.05) is 19.2 Å². The highest BCUT2D eigenvalue weighted by molar-refractivity contribution is 6.31. The summed E-state index contributed by atoms with van der Waals surface area (Å²) in [6.45, 7) is 4.35. The zero-order chi connectivity index (χ0) is 12.7. The monoisotopic (exact) mass is 253 g/mol. The predicted molar refractivity (Wildman–Crippen MR) is 76.7 cm³/mol.